The van der Waals surface area contributed by atoms with Crippen LogP contribution in [0.4, 0.5) is 0 Å². The van der Waals surface area contributed by atoms with Gasteiger partial charge in [0.15, 0.2) is 0 Å². The lowest BCUT2D eigenvalue weighted by Crippen LogP contribution is -2.42. The molecule has 0 saturated heterocycles. The largest absolute Gasteiger partial charge is 0.352 e. The van der Waals surface area contributed by atoms with Gasteiger partial charge in [0.2, 0.25) is 5.91 Å². The Labute approximate surface area is 150 Å². The van der Waals surface area contributed by atoms with E-state index in [1.807, 2.05) is 24.3 Å². The molecule has 120 valence electrons. The zero-order valence-corrected chi connectivity index (χ0v) is 15.3. The van der Waals surface area contributed by atoms with Gasteiger partial charge in [-0.05, 0) is 49.1 Å². The van der Waals surface area contributed by atoms with E-state index >= 15 is 0 Å². The Morgan fingerprint density at radius 3 is 2.48 bits per heavy atom. The molecule has 1 unspecified atom stereocenters. The lowest BCUT2D eigenvalue weighted by molar-refractivity contribution is -0.121. The zero-order valence-electron chi connectivity index (χ0n) is 13.0. The number of rotatable bonds is 5. The summed E-state index contributed by atoms with van der Waals surface area (Å²) in [6.45, 7) is 2.10. The number of halogens is 2. The Morgan fingerprint density at radius 2 is 1.87 bits per heavy atom. The van der Waals surface area contributed by atoms with Crippen molar-refractivity contribution in [3.05, 3.63) is 69.2 Å². The first kappa shape index (κ1) is 16.5. The number of nitrogens with one attached hydrogen (secondary N) is 1. The smallest absolute Gasteiger partial charge is 0.224 e. The summed E-state index contributed by atoms with van der Waals surface area (Å²) in [6.07, 6.45) is 2.55. The fourth-order valence-electron chi connectivity index (χ4n) is 3.13. The van der Waals surface area contributed by atoms with Gasteiger partial charge in [0.25, 0.3) is 0 Å². The van der Waals surface area contributed by atoms with Gasteiger partial charge in [0.05, 0.1) is 6.42 Å². The van der Waals surface area contributed by atoms with Gasteiger partial charge in [-0.2, -0.15) is 0 Å². The normalized spacial score (nSPS) is 16.7. The number of carbonyl (C=O) groups excluding carboxylic acids is 1. The van der Waals surface area contributed by atoms with Crippen LogP contribution < -0.4 is 5.32 Å². The molecule has 1 aliphatic carbocycles. The van der Waals surface area contributed by atoms with Crippen LogP contribution in [0.15, 0.2) is 53.0 Å². The molecule has 0 heterocycles. The van der Waals surface area contributed by atoms with Crippen molar-refractivity contribution in [2.45, 2.75) is 37.6 Å². The minimum absolute atomic E-state index is 0.0222. The van der Waals surface area contributed by atoms with Crippen molar-refractivity contribution in [2.75, 3.05) is 0 Å². The maximum Gasteiger partial charge on any atom is 0.224 e. The molecule has 1 atom stereocenters. The second-order valence-corrected chi connectivity index (χ2v) is 7.54. The highest BCUT2D eigenvalue weighted by Gasteiger charge is 2.49. The van der Waals surface area contributed by atoms with E-state index in [-0.39, 0.29) is 17.4 Å². The van der Waals surface area contributed by atoms with E-state index in [0.717, 1.165) is 22.9 Å². The Morgan fingerprint density at radius 1 is 1.22 bits per heavy atom. The first-order valence-electron chi connectivity index (χ1n) is 7.80. The van der Waals surface area contributed by atoms with Crippen molar-refractivity contribution in [1.82, 2.24) is 5.32 Å². The maximum atomic E-state index is 12.4. The molecule has 1 N–H and O–H groups in total. The number of hydrogen-bond acceptors (Lipinski definition) is 1. The Kier molecular flexibility index (Phi) is 4.79. The Hall–Kier alpha value is -1.32. The first-order chi connectivity index (χ1) is 11.0. The molecular weight excluding hydrogens is 374 g/mol. The van der Waals surface area contributed by atoms with Crippen molar-refractivity contribution in [1.29, 1.82) is 0 Å². The number of carbonyl (C=O) groups is 1. The highest BCUT2D eigenvalue weighted by Crippen LogP contribution is 2.51. The summed E-state index contributed by atoms with van der Waals surface area (Å²) >= 11 is 9.60. The van der Waals surface area contributed by atoms with Crippen molar-refractivity contribution < 1.29 is 4.79 Å². The fourth-order valence-corrected chi connectivity index (χ4v) is 3.60. The minimum atomic E-state index is 0.0222. The molecule has 0 radical (unpaired) electrons. The molecule has 0 spiro atoms. The Balaban J connectivity index is 1.67. The summed E-state index contributed by atoms with van der Waals surface area (Å²) in [7, 11) is 0. The predicted molar refractivity (Wildman–Crippen MR) is 97.8 cm³/mol. The lowest BCUT2D eigenvalue weighted by Gasteiger charge is -2.25. The van der Waals surface area contributed by atoms with E-state index in [1.54, 1.807) is 0 Å². The van der Waals surface area contributed by atoms with E-state index < -0.39 is 0 Å². The summed E-state index contributed by atoms with van der Waals surface area (Å²) < 4.78 is 1.08. The van der Waals surface area contributed by atoms with Crippen molar-refractivity contribution in [3.63, 3.8) is 0 Å². The highest BCUT2D eigenvalue weighted by molar-refractivity contribution is 9.10. The van der Waals surface area contributed by atoms with Crippen LogP contribution in [0, 0.1) is 0 Å². The summed E-state index contributed by atoms with van der Waals surface area (Å²) in [6, 6.07) is 16.0. The van der Waals surface area contributed by atoms with Gasteiger partial charge in [0.1, 0.15) is 0 Å². The van der Waals surface area contributed by atoms with E-state index in [0.29, 0.717) is 11.4 Å². The van der Waals surface area contributed by atoms with Gasteiger partial charge in [-0.1, -0.05) is 57.9 Å². The van der Waals surface area contributed by atoms with Crippen LogP contribution >= 0.6 is 27.5 Å². The van der Waals surface area contributed by atoms with Gasteiger partial charge in [-0.25, -0.2) is 0 Å². The fraction of sp³-hybridized carbons (Fsp3) is 0.316. The van der Waals surface area contributed by atoms with E-state index in [2.05, 4.69) is 52.4 Å². The maximum absolute atomic E-state index is 12.4. The standard InChI is InChI=1S/C19H19BrClNO/c1-13(19(10-11-19)15-6-8-16(20)9-7-15)22-18(23)12-14-4-2-3-5-17(14)21/h2-9,13H,10-12H2,1H3,(H,22,23). The first-order valence-corrected chi connectivity index (χ1v) is 8.97. The van der Waals surface area contributed by atoms with Gasteiger partial charge in [-0.3, -0.25) is 4.79 Å². The minimum Gasteiger partial charge on any atom is -0.352 e. The van der Waals surface area contributed by atoms with Gasteiger partial charge < -0.3 is 5.32 Å². The molecule has 1 aliphatic rings. The summed E-state index contributed by atoms with van der Waals surface area (Å²) in [5.74, 6) is 0.0222. The van der Waals surface area contributed by atoms with E-state index in [1.165, 1.54) is 5.56 Å². The van der Waals surface area contributed by atoms with Crippen molar-refractivity contribution >= 4 is 33.4 Å². The van der Waals surface area contributed by atoms with Crippen molar-refractivity contribution in [3.8, 4) is 0 Å². The van der Waals surface area contributed by atoms with Crippen LogP contribution in [0.3, 0.4) is 0 Å². The molecule has 1 fully saturated rings. The second-order valence-electron chi connectivity index (χ2n) is 6.22. The van der Waals surface area contributed by atoms with Gasteiger partial charge >= 0.3 is 0 Å². The molecule has 3 rings (SSSR count). The second kappa shape index (κ2) is 6.66. The van der Waals surface area contributed by atoms with Crippen LogP contribution in [-0.4, -0.2) is 11.9 Å². The van der Waals surface area contributed by atoms with Crippen LogP contribution in [0.5, 0.6) is 0 Å². The zero-order chi connectivity index (χ0) is 16.4. The van der Waals surface area contributed by atoms with Crippen LogP contribution in [0.25, 0.3) is 0 Å². The molecular formula is C19H19BrClNO. The van der Waals surface area contributed by atoms with Crippen LogP contribution in [0.1, 0.15) is 30.9 Å². The average molecular weight is 393 g/mol. The lowest BCUT2D eigenvalue weighted by atomic mass is 9.89. The topological polar surface area (TPSA) is 29.1 Å². The summed E-state index contributed by atoms with van der Waals surface area (Å²) in [4.78, 5) is 12.4. The van der Waals surface area contributed by atoms with Gasteiger partial charge in [0, 0.05) is 21.0 Å². The monoisotopic (exact) mass is 391 g/mol. The Bertz CT molecular complexity index is 710. The third-order valence-electron chi connectivity index (χ3n) is 4.72. The average Bonchev–Trinajstić information content (AvgIpc) is 3.32. The molecule has 2 aromatic carbocycles. The van der Waals surface area contributed by atoms with Crippen molar-refractivity contribution in [2.24, 2.45) is 0 Å². The SMILES string of the molecule is CC(NC(=O)Cc1ccccc1Cl)C1(c2ccc(Br)cc2)CC1. The number of amides is 1. The van der Waals surface area contributed by atoms with E-state index in [9.17, 15) is 4.79 Å². The summed E-state index contributed by atoms with van der Waals surface area (Å²) in [5, 5.41) is 3.81. The highest BCUT2D eigenvalue weighted by atomic mass is 79.9. The van der Waals surface area contributed by atoms with Crippen LogP contribution in [0.2, 0.25) is 5.02 Å². The van der Waals surface area contributed by atoms with E-state index in [4.69, 9.17) is 11.6 Å². The molecule has 1 amide bonds. The quantitative estimate of drug-likeness (QED) is 0.772. The molecule has 2 aromatic rings. The molecule has 0 aromatic heterocycles. The summed E-state index contributed by atoms with van der Waals surface area (Å²) in [5.41, 5.74) is 2.25. The van der Waals surface area contributed by atoms with Crippen LogP contribution in [-0.2, 0) is 16.6 Å². The third-order valence-corrected chi connectivity index (χ3v) is 5.62. The molecule has 23 heavy (non-hydrogen) atoms. The predicted octanol–water partition coefficient (Wildman–Crippen LogP) is 4.88. The molecule has 0 aliphatic heterocycles. The number of benzene rings is 2. The third kappa shape index (κ3) is 3.61. The van der Waals surface area contributed by atoms with Gasteiger partial charge in [-0.15, -0.1) is 0 Å². The molecule has 2 nitrogen and oxygen atoms in total. The number of hydrogen-bond donors (Lipinski definition) is 1. The molecule has 0 bridgehead atoms. The molecule has 4 heteroatoms. The molecule has 1 saturated carbocycles.